The number of H-pyrrole nitrogens is 1. The van der Waals surface area contributed by atoms with Crippen molar-refractivity contribution in [3.8, 4) is 0 Å². The van der Waals surface area contributed by atoms with Crippen molar-refractivity contribution < 1.29 is 13.2 Å². The molecule has 10 heteroatoms. The van der Waals surface area contributed by atoms with Crippen molar-refractivity contribution in [1.82, 2.24) is 19.7 Å². The lowest BCUT2D eigenvalue weighted by Gasteiger charge is -2.09. The van der Waals surface area contributed by atoms with Crippen LogP contribution in [0, 0.1) is 0 Å². The largest absolute Gasteiger partial charge is 0.417 e. The lowest BCUT2D eigenvalue weighted by molar-refractivity contribution is -0.137. The molecule has 0 aliphatic heterocycles. The summed E-state index contributed by atoms with van der Waals surface area (Å²) < 4.78 is 39.3. The number of halogens is 4. The van der Waals surface area contributed by atoms with Crippen LogP contribution in [0.3, 0.4) is 0 Å². The van der Waals surface area contributed by atoms with E-state index in [-0.39, 0.29) is 16.5 Å². The Morgan fingerprint density at radius 2 is 2.12 bits per heavy atom. The van der Waals surface area contributed by atoms with Crippen molar-refractivity contribution in [1.29, 1.82) is 0 Å². The van der Waals surface area contributed by atoms with Crippen LogP contribution in [0.5, 0.6) is 0 Å². The number of aromatic nitrogens is 4. The monoisotopic (exact) mass is 380 g/mol. The Kier molecular flexibility index (Phi) is 6.34. The summed E-state index contributed by atoms with van der Waals surface area (Å²) in [6.07, 6.45) is -0.859. The van der Waals surface area contributed by atoms with Crippen LogP contribution in [0.4, 0.5) is 13.2 Å². The van der Waals surface area contributed by atoms with Gasteiger partial charge in [0.2, 0.25) is 0 Å². The number of pyridine rings is 1. The fourth-order valence-corrected chi connectivity index (χ4v) is 3.24. The number of nitrogens with one attached hydrogen (secondary N) is 1. The quantitative estimate of drug-likeness (QED) is 0.579. The Bertz CT molecular complexity index is 744. The van der Waals surface area contributed by atoms with Gasteiger partial charge in [-0.3, -0.25) is 9.55 Å². The van der Waals surface area contributed by atoms with E-state index in [1.165, 1.54) is 16.3 Å². The lowest BCUT2D eigenvalue weighted by atomic mass is 10.2. The minimum absolute atomic E-state index is 0.0623. The zero-order chi connectivity index (χ0) is 17.7. The third kappa shape index (κ3) is 4.76. The second-order valence-electron chi connectivity index (χ2n) is 5.11. The summed E-state index contributed by atoms with van der Waals surface area (Å²) in [7, 11) is 0. The van der Waals surface area contributed by atoms with Gasteiger partial charge in [-0.25, -0.2) is 9.89 Å². The third-order valence-electron chi connectivity index (χ3n) is 3.29. The molecule has 0 aliphatic rings. The minimum Gasteiger partial charge on any atom is -0.270 e. The molecule has 0 spiro atoms. The average Bonchev–Trinajstić information content (AvgIpc) is 2.86. The molecule has 2 aromatic heterocycles. The molecule has 2 rings (SSSR count). The zero-order valence-electron chi connectivity index (χ0n) is 12.9. The maximum Gasteiger partial charge on any atom is 0.417 e. The van der Waals surface area contributed by atoms with Gasteiger partial charge in [-0.05, 0) is 12.5 Å². The number of alkyl halides is 3. The number of nitrogens with zero attached hydrogens (tertiary/aromatic N) is 3. The van der Waals surface area contributed by atoms with E-state index in [1.807, 2.05) is 0 Å². The molecule has 0 saturated carbocycles. The van der Waals surface area contributed by atoms with Crippen molar-refractivity contribution >= 4 is 23.4 Å². The summed E-state index contributed by atoms with van der Waals surface area (Å²) in [5, 5.41) is 6.72. The number of rotatable bonds is 7. The first kappa shape index (κ1) is 18.9. The van der Waals surface area contributed by atoms with Gasteiger partial charge in [-0.1, -0.05) is 43.1 Å². The Labute approximate surface area is 145 Å². The predicted molar refractivity (Wildman–Crippen MR) is 86.2 cm³/mol. The molecule has 0 bridgehead atoms. The smallest absolute Gasteiger partial charge is 0.270 e. The molecule has 0 unspecified atom stereocenters. The Hall–Kier alpha value is -1.48. The van der Waals surface area contributed by atoms with E-state index in [0.29, 0.717) is 17.4 Å². The fraction of sp³-hybridized carbons (Fsp3) is 0.500. The molecule has 0 saturated heterocycles. The highest BCUT2D eigenvalue weighted by molar-refractivity contribution is 7.98. The molecule has 2 aromatic rings. The van der Waals surface area contributed by atoms with E-state index in [4.69, 9.17) is 11.6 Å². The van der Waals surface area contributed by atoms with Crippen molar-refractivity contribution in [3.05, 3.63) is 39.0 Å². The van der Waals surface area contributed by atoms with Gasteiger partial charge in [-0.15, -0.1) is 5.10 Å². The van der Waals surface area contributed by atoms with Gasteiger partial charge in [0.05, 0.1) is 16.3 Å². The standard InChI is InChI=1S/C14H16ClF3N4OS/c1-2-3-4-5-22-12(23)20-21-13(22)24-8-11-10(15)6-9(7-19-11)14(16,17)18/h6-7H,2-5,8H2,1H3,(H,20,23). The lowest BCUT2D eigenvalue weighted by Crippen LogP contribution is -2.17. The molecule has 0 atom stereocenters. The summed E-state index contributed by atoms with van der Waals surface area (Å²) in [4.78, 5) is 15.5. The maximum atomic E-state index is 12.6. The van der Waals surface area contributed by atoms with Crippen molar-refractivity contribution in [2.45, 2.75) is 49.8 Å². The second kappa shape index (κ2) is 8.06. The van der Waals surface area contributed by atoms with Gasteiger partial charge >= 0.3 is 11.9 Å². The minimum atomic E-state index is -4.48. The summed E-state index contributed by atoms with van der Waals surface area (Å²) in [6.45, 7) is 2.60. The van der Waals surface area contributed by atoms with Crippen LogP contribution in [0.25, 0.3) is 0 Å². The average molecular weight is 381 g/mol. The van der Waals surface area contributed by atoms with Gasteiger partial charge in [-0.2, -0.15) is 13.2 Å². The second-order valence-corrected chi connectivity index (χ2v) is 6.46. The van der Waals surface area contributed by atoms with Crippen molar-refractivity contribution in [3.63, 3.8) is 0 Å². The van der Waals surface area contributed by atoms with Crippen LogP contribution in [0.2, 0.25) is 5.02 Å². The van der Waals surface area contributed by atoms with E-state index in [0.717, 1.165) is 31.5 Å². The Morgan fingerprint density at radius 1 is 1.38 bits per heavy atom. The van der Waals surface area contributed by atoms with Crippen LogP contribution in [-0.4, -0.2) is 19.7 Å². The highest BCUT2D eigenvalue weighted by atomic mass is 35.5. The summed E-state index contributed by atoms with van der Waals surface area (Å²) in [6, 6.07) is 0.851. The van der Waals surface area contributed by atoms with Crippen LogP contribution < -0.4 is 5.69 Å². The van der Waals surface area contributed by atoms with Crippen LogP contribution in [0.15, 0.2) is 22.2 Å². The molecule has 5 nitrogen and oxygen atoms in total. The van der Waals surface area contributed by atoms with Gasteiger partial charge in [0, 0.05) is 18.5 Å². The van der Waals surface area contributed by atoms with Crippen molar-refractivity contribution in [2.24, 2.45) is 0 Å². The Balaban J connectivity index is 2.07. The van der Waals surface area contributed by atoms with Crippen LogP contribution in [0.1, 0.15) is 37.4 Å². The number of hydrogen-bond donors (Lipinski definition) is 1. The number of thioether (sulfide) groups is 1. The van der Waals surface area contributed by atoms with E-state index in [9.17, 15) is 18.0 Å². The molecular formula is C14H16ClF3N4OS. The highest BCUT2D eigenvalue weighted by Crippen LogP contribution is 2.32. The SMILES string of the molecule is CCCCCn1c(SCc2ncc(C(F)(F)F)cc2Cl)n[nH]c1=O. The van der Waals surface area contributed by atoms with Gasteiger partial charge in [0.1, 0.15) is 0 Å². The van der Waals surface area contributed by atoms with Gasteiger partial charge in [0.15, 0.2) is 5.16 Å². The first-order valence-electron chi connectivity index (χ1n) is 7.32. The zero-order valence-corrected chi connectivity index (χ0v) is 14.4. The topological polar surface area (TPSA) is 63.6 Å². The fourth-order valence-electron chi connectivity index (χ4n) is 1.99. The number of hydrogen-bond acceptors (Lipinski definition) is 4. The van der Waals surface area contributed by atoms with Crippen LogP contribution >= 0.6 is 23.4 Å². The highest BCUT2D eigenvalue weighted by Gasteiger charge is 2.31. The molecule has 0 fully saturated rings. The molecular weight excluding hydrogens is 365 g/mol. The molecule has 0 aliphatic carbocycles. The molecule has 24 heavy (non-hydrogen) atoms. The molecule has 2 heterocycles. The maximum absolute atomic E-state index is 12.6. The molecule has 132 valence electrons. The molecule has 0 amide bonds. The summed E-state index contributed by atoms with van der Waals surface area (Å²) in [5.41, 5.74) is -0.886. The van der Waals surface area contributed by atoms with E-state index >= 15 is 0 Å². The normalized spacial score (nSPS) is 11.9. The first-order chi connectivity index (χ1) is 11.3. The molecule has 0 aromatic carbocycles. The van der Waals surface area contributed by atoms with E-state index in [2.05, 4.69) is 22.1 Å². The first-order valence-corrected chi connectivity index (χ1v) is 8.69. The number of unbranched alkanes of at least 4 members (excludes halogenated alkanes) is 2. The molecule has 1 N–H and O–H groups in total. The van der Waals surface area contributed by atoms with E-state index in [1.54, 1.807) is 0 Å². The van der Waals surface area contributed by atoms with E-state index < -0.39 is 11.7 Å². The molecule has 0 radical (unpaired) electrons. The predicted octanol–water partition coefficient (Wildman–Crippen LogP) is 4.12. The van der Waals surface area contributed by atoms with Crippen LogP contribution in [-0.2, 0) is 18.5 Å². The Morgan fingerprint density at radius 3 is 2.75 bits per heavy atom. The van der Waals surface area contributed by atoms with Gasteiger partial charge < -0.3 is 0 Å². The number of aromatic amines is 1. The van der Waals surface area contributed by atoms with Crippen molar-refractivity contribution in [2.75, 3.05) is 0 Å². The third-order valence-corrected chi connectivity index (χ3v) is 4.61. The summed E-state index contributed by atoms with van der Waals surface area (Å²) in [5.74, 6) is 0.217. The van der Waals surface area contributed by atoms with Gasteiger partial charge in [0.25, 0.3) is 0 Å². The summed E-state index contributed by atoms with van der Waals surface area (Å²) >= 11 is 7.08.